The first-order valence-corrected chi connectivity index (χ1v) is 15.4. The van der Waals surface area contributed by atoms with E-state index < -0.39 is 0 Å². The van der Waals surface area contributed by atoms with Gasteiger partial charge in [-0.15, -0.1) is 0 Å². The maximum Gasteiger partial charge on any atom is 0.0971 e. The van der Waals surface area contributed by atoms with Gasteiger partial charge in [0.05, 0.1) is 10.9 Å². The Morgan fingerprint density at radius 1 is 1.18 bits per heavy atom. The summed E-state index contributed by atoms with van der Waals surface area (Å²) in [6, 6.07) is 0. The molecule has 2 rings (SSSR count). The molecule has 7 heteroatoms. The van der Waals surface area contributed by atoms with Crippen molar-refractivity contribution < 1.29 is 4.39 Å². The van der Waals surface area contributed by atoms with Crippen LogP contribution in [0.1, 0.15) is 78.6 Å². The van der Waals surface area contributed by atoms with Crippen LogP contribution >= 0.6 is 11.6 Å². The third kappa shape index (κ3) is 17.4. The van der Waals surface area contributed by atoms with Crippen molar-refractivity contribution in [3.8, 4) is 0 Å². The van der Waals surface area contributed by atoms with E-state index in [1.54, 1.807) is 12.3 Å². The molecule has 5 N–H and O–H groups in total. The van der Waals surface area contributed by atoms with Gasteiger partial charge >= 0.3 is 0 Å². The van der Waals surface area contributed by atoms with E-state index in [2.05, 4.69) is 21.8 Å². The minimum absolute atomic E-state index is 0.164. The molecule has 1 atom stereocenters. The summed E-state index contributed by atoms with van der Waals surface area (Å²) < 4.78 is 13.7. The van der Waals surface area contributed by atoms with Gasteiger partial charge in [-0.1, -0.05) is 57.0 Å². The minimum atomic E-state index is -0.164. The van der Waals surface area contributed by atoms with Crippen molar-refractivity contribution in [2.45, 2.75) is 78.6 Å². The topological polar surface area (TPSA) is 79.7 Å². The first-order chi connectivity index (χ1) is 18.9. The predicted octanol–water partition coefficient (Wildman–Crippen LogP) is 7.23. The van der Waals surface area contributed by atoms with Crippen LogP contribution in [0.15, 0.2) is 64.2 Å². The average molecular weight is 564 g/mol. The Kier molecular flexibility index (Phi) is 19.7. The fourth-order valence-electron chi connectivity index (χ4n) is 4.65. The number of hydrogen-bond donors (Lipinski definition) is 3. The molecular formula is C32H55ClFN5. The molecule has 1 heterocycles. The molecule has 2 aliphatic rings. The molecule has 0 aromatic heterocycles. The number of halogens is 2. The number of nitrogens with two attached hydrogens (primary N) is 2. The summed E-state index contributed by atoms with van der Waals surface area (Å²) >= 11 is 5.84. The molecule has 0 amide bonds. The van der Waals surface area contributed by atoms with Gasteiger partial charge in [0, 0.05) is 37.7 Å². The van der Waals surface area contributed by atoms with Crippen molar-refractivity contribution in [2.24, 2.45) is 34.2 Å². The number of hydrogen-bond acceptors (Lipinski definition) is 5. The molecule has 0 bridgehead atoms. The monoisotopic (exact) mass is 563 g/mol. The third-order valence-corrected chi connectivity index (χ3v) is 7.37. The van der Waals surface area contributed by atoms with E-state index in [4.69, 9.17) is 23.1 Å². The molecule has 0 spiro atoms. The van der Waals surface area contributed by atoms with Crippen LogP contribution in [-0.2, 0) is 0 Å². The summed E-state index contributed by atoms with van der Waals surface area (Å²) in [5, 5.41) is 4.03. The Morgan fingerprint density at radius 3 is 2.56 bits per heavy atom. The molecule has 1 aliphatic carbocycles. The Hall–Kier alpha value is -1.89. The van der Waals surface area contributed by atoms with Crippen LogP contribution < -0.4 is 16.8 Å². The van der Waals surface area contributed by atoms with Crippen LogP contribution in [0.2, 0.25) is 0 Å². The van der Waals surface area contributed by atoms with Crippen LogP contribution in [0.25, 0.3) is 0 Å². The molecule has 0 radical (unpaired) electrons. The molecule has 1 unspecified atom stereocenters. The Morgan fingerprint density at radius 2 is 1.92 bits per heavy atom. The number of rotatable bonds is 20. The van der Waals surface area contributed by atoms with Gasteiger partial charge in [-0.3, -0.25) is 4.99 Å². The van der Waals surface area contributed by atoms with E-state index in [1.165, 1.54) is 38.9 Å². The molecule has 39 heavy (non-hydrogen) atoms. The van der Waals surface area contributed by atoms with Crippen LogP contribution in [0, 0.1) is 17.8 Å². The van der Waals surface area contributed by atoms with E-state index in [0.29, 0.717) is 24.0 Å². The van der Waals surface area contributed by atoms with Crippen molar-refractivity contribution >= 4 is 17.8 Å². The summed E-state index contributed by atoms with van der Waals surface area (Å²) in [5.41, 5.74) is 13.2. The predicted molar refractivity (Wildman–Crippen MR) is 170 cm³/mol. The van der Waals surface area contributed by atoms with Gasteiger partial charge in [-0.25, -0.2) is 4.39 Å². The lowest BCUT2D eigenvalue weighted by Crippen LogP contribution is -2.46. The smallest absolute Gasteiger partial charge is 0.0971 e. The largest absolute Gasteiger partial charge is 0.403 e. The molecule has 222 valence electrons. The summed E-state index contributed by atoms with van der Waals surface area (Å²) in [6.07, 6.45) is 20.7. The first kappa shape index (κ1) is 35.1. The van der Waals surface area contributed by atoms with E-state index in [9.17, 15) is 4.39 Å². The lowest BCUT2D eigenvalue weighted by Gasteiger charge is -2.41. The van der Waals surface area contributed by atoms with Gasteiger partial charge in [-0.05, 0) is 107 Å². The number of aliphatic imine (C=N–C) groups is 1. The quantitative estimate of drug-likeness (QED) is 0.0829. The van der Waals surface area contributed by atoms with E-state index in [-0.39, 0.29) is 5.83 Å². The molecule has 5 nitrogen and oxygen atoms in total. The summed E-state index contributed by atoms with van der Waals surface area (Å²) in [6.45, 7) is 15.6. The molecule has 0 aromatic rings. The highest BCUT2D eigenvalue weighted by Gasteiger charge is 2.26. The van der Waals surface area contributed by atoms with Gasteiger partial charge in [0.25, 0.3) is 0 Å². The van der Waals surface area contributed by atoms with Gasteiger partial charge < -0.3 is 21.7 Å². The van der Waals surface area contributed by atoms with Crippen molar-refractivity contribution in [1.29, 1.82) is 0 Å². The lowest BCUT2D eigenvalue weighted by atomic mass is 9.93. The Bertz CT molecular complexity index is 818. The van der Waals surface area contributed by atoms with E-state index in [0.717, 1.165) is 81.3 Å². The van der Waals surface area contributed by atoms with Crippen LogP contribution in [0.5, 0.6) is 0 Å². The molecule has 2 fully saturated rings. The van der Waals surface area contributed by atoms with Gasteiger partial charge in [0.1, 0.15) is 0 Å². The zero-order valence-corrected chi connectivity index (χ0v) is 25.6. The summed E-state index contributed by atoms with van der Waals surface area (Å²) in [4.78, 5) is 6.65. The average Bonchev–Trinajstić information content (AvgIpc) is 3.72. The van der Waals surface area contributed by atoms with Crippen molar-refractivity contribution in [1.82, 2.24) is 10.2 Å². The number of nitrogens with zero attached hydrogens (tertiary/aromatic N) is 2. The SMILES string of the molecule is C=C(C=C/C=C(\C=C(/C)F)CCCCC(CCN)CCN=C/C(Cl)=C\N)N1CC(CCNCC2CC2)C1.CC. The highest BCUT2D eigenvalue weighted by molar-refractivity contribution is 6.39. The van der Waals surface area contributed by atoms with Gasteiger partial charge in [0.2, 0.25) is 0 Å². The fourth-order valence-corrected chi connectivity index (χ4v) is 4.72. The van der Waals surface area contributed by atoms with Crippen LogP contribution in [0.4, 0.5) is 4.39 Å². The number of nitrogens with one attached hydrogen (secondary N) is 1. The highest BCUT2D eigenvalue weighted by Crippen LogP contribution is 2.28. The number of allylic oxidation sites excluding steroid dienone is 7. The zero-order valence-electron chi connectivity index (χ0n) is 24.8. The molecule has 1 saturated carbocycles. The normalized spacial score (nSPS) is 17.9. The minimum Gasteiger partial charge on any atom is -0.403 e. The fraction of sp³-hybridized carbons (Fsp3) is 0.656. The molecule has 1 saturated heterocycles. The van der Waals surface area contributed by atoms with Gasteiger partial charge in [-0.2, -0.15) is 0 Å². The van der Waals surface area contributed by atoms with Crippen LogP contribution in [0.3, 0.4) is 0 Å². The van der Waals surface area contributed by atoms with Crippen molar-refractivity contribution in [2.75, 3.05) is 39.3 Å². The molecule has 0 aromatic carbocycles. The summed E-state index contributed by atoms with van der Waals surface area (Å²) in [5.74, 6) is 2.07. The third-order valence-electron chi connectivity index (χ3n) is 7.15. The van der Waals surface area contributed by atoms with Gasteiger partial charge in [0.15, 0.2) is 0 Å². The maximum atomic E-state index is 13.7. The molecule has 1 aliphatic heterocycles. The number of likely N-dealkylation sites (tertiary alicyclic amines) is 1. The second-order valence-electron chi connectivity index (χ2n) is 10.6. The molecular weight excluding hydrogens is 509 g/mol. The number of unbranched alkanes of at least 4 members (excludes halogenated alkanes) is 1. The zero-order chi connectivity index (χ0) is 28.9. The standard InChI is InChI=1S/C30H49ClFN5.C2H6/c1-24(32)18-27(8-4-3-7-26(12-15-33)13-16-36-21-30(31)19-34)9-5-6-25(2)37-22-29(23-37)14-17-35-20-28-10-11-28;1-2/h5-6,9,18-19,21,26,28-29,35H,2-4,7-8,10-17,20,22-23,33-34H2,1H3;1-2H3/b6-5?,24-18+,27-9-,30-19+,36-21?;. The van der Waals surface area contributed by atoms with Crippen LogP contribution in [-0.4, -0.2) is 50.4 Å². The summed E-state index contributed by atoms with van der Waals surface area (Å²) in [7, 11) is 0. The maximum absolute atomic E-state index is 13.7. The first-order valence-electron chi connectivity index (χ1n) is 15.0. The second kappa shape index (κ2) is 21.9. The van der Waals surface area contributed by atoms with E-state index in [1.807, 2.05) is 32.1 Å². The van der Waals surface area contributed by atoms with E-state index >= 15 is 0 Å². The second-order valence-corrected chi connectivity index (χ2v) is 11.0. The Balaban J connectivity index is 0.00000371. The Labute approximate surface area is 243 Å². The highest BCUT2D eigenvalue weighted by atomic mass is 35.5. The lowest BCUT2D eigenvalue weighted by molar-refractivity contribution is 0.140. The van der Waals surface area contributed by atoms with Crippen molar-refractivity contribution in [3.05, 3.63) is 59.2 Å². The van der Waals surface area contributed by atoms with Crippen molar-refractivity contribution in [3.63, 3.8) is 0 Å².